The third kappa shape index (κ3) is 3.66. The lowest BCUT2D eigenvalue weighted by atomic mass is 10.0. The van der Waals surface area contributed by atoms with Crippen molar-refractivity contribution >= 4 is 11.9 Å². The van der Waals surface area contributed by atoms with Crippen LogP contribution in [0.25, 0.3) is 11.3 Å². The maximum absolute atomic E-state index is 11.4. The number of hydrogen-bond donors (Lipinski definition) is 0. The summed E-state index contributed by atoms with van der Waals surface area (Å²) >= 11 is 0. The van der Waals surface area contributed by atoms with Crippen LogP contribution in [0.2, 0.25) is 0 Å². The molecule has 22 heavy (non-hydrogen) atoms. The molecule has 0 fully saturated rings. The van der Waals surface area contributed by atoms with Crippen molar-refractivity contribution in [1.29, 1.82) is 0 Å². The molecule has 0 bridgehead atoms. The summed E-state index contributed by atoms with van der Waals surface area (Å²) in [6.07, 6.45) is 3.85. The van der Waals surface area contributed by atoms with Gasteiger partial charge in [-0.1, -0.05) is 12.1 Å². The summed E-state index contributed by atoms with van der Waals surface area (Å²) in [5.41, 5.74) is 2.67. The van der Waals surface area contributed by atoms with Gasteiger partial charge in [0, 0.05) is 24.4 Å². The highest BCUT2D eigenvalue weighted by molar-refractivity contribution is 5.89. The minimum absolute atomic E-state index is 0.239. The topological polar surface area (TPSA) is 78.4 Å². The smallest absolute Gasteiger partial charge is 0.337 e. The Morgan fingerprint density at radius 1 is 1.00 bits per heavy atom. The number of methoxy groups -OCH3 is 2. The van der Waals surface area contributed by atoms with Gasteiger partial charge in [-0.25, -0.2) is 4.79 Å². The van der Waals surface area contributed by atoms with Crippen LogP contribution in [0.1, 0.15) is 22.5 Å². The zero-order valence-electron chi connectivity index (χ0n) is 12.4. The van der Waals surface area contributed by atoms with Crippen LogP contribution in [0.4, 0.5) is 0 Å². The summed E-state index contributed by atoms with van der Waals surface area (Å²) in [5.74, 6) is -0.686. The van der Waals surface area contributed by atoms with Gasteiger partial charge in [-0.15, -0.1) is 0 Å². The van der Waals surface area contributed by atoms with Crippen molar-refractivity contribution in [3.05, 3.63) is 47.9 Å². The van der Waals surface area contributed by atoms with Gasteiger partial charge in [0.25, 0.3) is 0 Å². The quantitative estimate of drug-likeness (QED) is 0.786. The van der Waals surface area contributed by atoms with Crippen molar-refractivity contribution in [3.63, 3.8) is 0 Å². The molecule has 0 amide bonds. The molecule has 0 aliphatic heterocycles. The molecule has 0 atom stereocenters. The van der Waals surface area contributed by atoms with Crippen molar-refractivity contribution in [2.24, 2.45) is 0 Å². The maximum atomic E-state index is 11.4. The van der Waals surface area contributed by atoms with Gasteiger partial charge in [0.2, 0.25) is 0 Å². The minimum Gasteiger partial charge on any atom is -0.469 e. The highest BCUT2D eigenvalue weighted by Crippen LogP contribution is 2.21. The van der Waals surface area contributed by atoms with Crippen LogP contribution in [0.3, 0.4) is 0 Å². The van der Waals surface area contributed by atoms with E-state index in [1.54, 1.807) is 36.7 Å². The Labute approximate surface area is 128 Å². The van der Waals surface area contributed by atoms with Crippen LogP contribution in [0, 0.1) is 0 Å². The van der Waals surface area contributed by atoms with Gasteiger partial charge in [-0.05, 0) is 12.1 Å². The van der Waals surface area contributed by atoms with Gasteiger partial charge in [0.05, 0.1) is 37.6 Å². The van der Waals surface area contributed by atoms with Crippen molar-refractivity contribution in [1.82, 2.24) is 9.97 Å². The Hall–Kier alpha value is -2.76. The molecule has 1 heterocycles. The summed E-state index contributed by atoms with van der Waals surface area (Å²) in [6.45, 7) is 0. The number of benzene rings is 1. The van der Waals surface area contributed by atoms with E-state index in [0.717, 1.165) is 5.56 Å². The first-order chi connectivity index (χ1) is 10.7. The molecule has 0 saturated heterocycles. The summed E-state index contributed by atoms with van der Waals surface area (Å²) in [5, 5.41) is 0. The summed E-state index contributed by atoms with van der Waals surface area (Å²) < 4.78 is 9.30. The first-order valence-electron chi connectivity index (χ1n) is 6.71. The second-order valence-electron chi connectivity index (χ2n) is 4.50. The predicted molar refractivity (Wildman–Crippen MR) is 79.1 cm³/mol. The lowest BCUT2D eigenvalue weighted by molar-refractivity contribution is -0.140. The van der Waals surface area contributed by atoms with E-state index >= 15 is 0 Å². The molecule has 6 heteroatoms. The third-order valence-corrected chi connectivity index (χ3v) is 3.15. The van der Waals surface area contributed by atoms with Crippen molar-refractivity contribution in [2.75, 3.05) is 14.2 Å². The SMILES string of the molecule is COC(=O)CCc1nccnc1-c1ccc(C(=O)OC)cc1. The Morgan fingerprint density at radius 3 is 2.32 bits per heavy atom. The largest absolute Gasteiger partial charge is 0.469 e. The number of aryl methyl sites for hydroxylation is 1. The predicted octanol–water partition coefficient (Wildman–Crippen LogP) is 2.04. The molecule has 2 aromatic rings. The van der Waals surface area contributed by atoms with Gasteiger partial charge >= 0.3 is 11.9 Å². The first-order valence-corrected chi connectivity index (χ1v) is 6.71. The van der Waals surface area contributed by atoms with Crippen LogP contribution in [0.15, 0.2) is 36.7 Å². The fraction of sp³-hybridized carbons (Fsp3) is 0.250. The van der Waals surface area contributed by atoms with E-state index in [0.29, 0.717) is 23.4 Å². The minimum atomic E-state index is -0.392. The monoisotopic (exact) mass is 300 g/mol. The van der Waals surface area contributed by atoms with Crippen molar-refractivity contribution < 1.29 is 19.1 Å². The molecule has 6 nitrogen and oxygen atoms in total. The number of carbonyl (C=O) groups excluding carboxylic acids is 2. The Kier molecular flexibility index (Phi) is 5.19. The average Bonchev–Trinajstić information content (AvgIpc) is 2.59. The third-order valence-electron chi connectivity index (χ3n) is 3.15. The molecule has 0 unspecified atom stereocenters. The lowest BCUT2D eigenvalue weighted by Gasteiger charge is -2.07. The van der Waals surface area contributed by atoms with Gasteiger partial charge in [0.15, 0.2) is 0 Å². The Morgan fingerprint density at radius 2 is 1.68 bits per heavy atom. The highest BCUT2D eigenvalue weighted by Gasteiger charge is 2.11. The molecular weight excluding hydrogens is 284 g/mol. The first kappa shape index (κ1) is 15.6. The Bertz CT molecular complexity index is 668. The molecule has 0 aliphatic rings. The van der Waals surface area contributed by atoms with E-state index in [1.165, 1.54) is 14.2 Å². The number of hydrogen-bond acceptors (Lipinski definition) is 6. The van der Waals surface area contributed by atoms with E-state index in [-0.39, 0.29) is 12.4 Å². The molecule has 0 N–H and O–H groups in total. The van der Waals surface area contributed by atoms with Crippen LogP contribution in [-0.2, 0) is 20.7 Å². The highest BCUT2D eigenvalue weighted by atomic mass is 16.5. The van der Waals surface area contributed by atoms with Crippen LogP contribution >= 0.6 is 0 Å². The number of carbonyl (C=O) groups is 2. The van der Waals surface area contributed by atoms with E-state index < -0.39 is 5.97 Å². The molecule has 114 valence electrons. The van der Waals surface area contributed by atoms with Crippen LogP contribution < -0.4 is 0 Å². The number of rotatable bonds is 5. The fourth-order valence-electron chi connectivity index (χ4n) is 2.00. The number of ether oxygens (including phenoxy) is 2. The Balaban J connectivity index is 2.24. The average molecular weight is 300 g/mol. The summed E-state index contributed by atoms with van der Waals surface area (Å²) in [4.78, 5) is 31.3. The summed E-state index contributed by atoms with van der Waals surface area (Å²) in [6, 6.07) is 6.88. The summed E-state index contributed by atoms with van der Waals surface area (Å²) in [7, 11) is 2.69. The number of nitrogens with zero attached hydrogens (tertiary/aromatic N) is 2. The molecule has 2 rings (SSSR count). The number of esters is 2. The molecule has 1 aromatic heterocycles. The van der Waals surface area contributed by atoms with Crippen molar-refractivity contribution in [2.45, 2.75) is 12.8 Å². The second kappa shape index (κ2) is 7.31. The zero-order chi connectivity index (χ0) is 15.9. The maximum Gasteiger partial charge on any atom is 0.337 e. The number of aromatic nitrogens is 2. The second-order valence-corrected chi connectivity index (χ2v) is 4.50. The molecule has 0 saturated carbocycles. The van der Waals surface area contributed by atoms with Gasteiger partial charge in [-0.3, -0.25) is 14.8 Å². The van der Waals surface area contributed by atoms with E-state index in [2.05, 4.69) is 19.4 Å². The van der Waals surface area contributed by atoms with Crippen molar-refractivity contribution in [3.8, 4) is 11.3 Å². The van der Waals surface area contributed by atoms with Crippen LogP contribution in [-0.4, -0.2) is 36.1 Å². The zero-order valence-corrected chi connectivity index (χ0v) is 12.4. The van der Waals surface area contributed by atoms with Gasteiger partial charge in [-0.2, -0.15) is 0 Å². The lowest BCUT2D eigenvalue weighted by Crippen LogP contribution is -2.05. The molecule has 0 radical (unpaired) electrons. The molecule has 1 aromatic carbocycles. The normalized spacial score (nSPS) is 10.1. The standard InChI is InChI=1S/C16H16N2O4/c1-21-14(19)8-7-13-15(18-10-9-17-13)11-3-5-12(6-4-11)16(20)22-2/h3-6,9-10H,7-8H2,1-2H3. The molecule has 0 aliphatic carbocycles. The van der Waals surface area contributed by atoms with Gasteiger partial charge < -0.3 is 9.47 Å². The van der Waals surface area contributed by atoms with E-state index in [9.17, 15) is 9.59 Å². The van der Waals surface area contributed by atoms with Crippen LogP contribution in [0.5, 0.6) is 0 Å². The van der Waals surface area contributed by atoms with Gasteiger partial charge in [0.1, 0.15) is 0 Å². The fourth-order valence-corrected chi connectivity index (χ4v) is 2.00. The molecule has 0 spiro atoms. The van der Waals surface area contributed by atoms with E-state index in [4.69, 9.17) is 0 Å². The molecular formula is C16H16N2O4. The van der Waals surface area contributed by atoms with E-state index in [1.807, 2.05) is 0 Å².